The summed E-state index contributed by atoms with van der Waals surface area (Å²) in [6, 6.07) is 3.60. The van der Waals surface area contributed by atoms with Gasteiger partial charge >= 0.3 is 0 Å². The number of amides is 2. The topological polar surface area (TPSA) is 71.3 Å². The van der Waals surface area contributed by atoms with E-state index in [0.29, 0.717) is 13.0 Å². The van der Waals surface area contributed by atoms with Crippen LogP contribution in [0.15, 0.2) is 22.8 Å². The lowest BCUT2D eigenvalue weighted by atomic mass is 10.0. The van der Waals surface area contributed by atoms with Gasteiger partial charge in [-0.2, -0.15) is 0 Å². The third-order valence-electron chi connectivity index (χ3n) is 4.31. The minimum atomic E-state index is -0.414. The maximum atomic E-state index is 12.2. The molecule has 1 aromatic heterocycles. The van der Waals surface area contributed by atoms with E-state index < -0.39 is 6.04 Å². The molecule has 0 bridgehead atoms. The number of piperidine rings is 1. The van der Waals surface area contributed by atoms with Gasteiger partial charge in [0.2, 0.25) is 11.8 Å². The second-order valence-electron chi connectivity index (χ2n) is 5.88. The maximum Gasteiger partial charge on any atom is 0.242 e. The van der Waals surface area contributed by atoms with Crippen LogP contribution in [0.4, 0.5) is 0 Å². The fourth-order valence-corrected chi connectivity index (χ4v) is 2.85. The minimum Gasteiger partial charge on any atom is -0.464 e. The summed E-state index contributed by atoms with van der Waals surface area (Å²) in [7, 11) is 0. The molecular weight excluding hydrogens is 280 g/mol. The molecule has 1 atom stereocenters. The molecule has 116 valence electrons. The molecule has 1 fully saturated rings. The van der Waals surface area contributed by atoms with Crippen LogP contribution in [0.2, 0.25) is 0 Å². The van der Waals surface area contributed by atoms with Gasteiger partial charge in [-0.25, -0.2) is 0 Å². The standard InChI is InChI=1S/C17H20N2O3/c1-10-5-6-13-12(9-22-16(13)11(10)2)8-15(20)19-14-4-3-7-18-17(14)21/h5-6,9,14H,3-4,7-8H2,1-2H3,(H,18,21)(H,19,20)/t14-/m0/s1. The van der Waals surface area contributed by atoms with Crippen molar-refractivity contribution in [1.29, 1.82) is 0 Å². The van der Waals surface area contributed by atoms with E-state index in [9.17, 15) is 9.59 Å². The lowest BCUT2D eigenvalue weighted by molar-refractivity contribution is -0.129. The summed E-state index contributed by atoms with van der Waals surface area (Å²) >= 11 is 0. The molecule has 0 spiro atoms. The van der Waals surface area contributed by atoms with Gasteiger partial charge < -0.3 is 15.1 Å². The van der Waals surface area contributed by atoms with E-state index in [1.807, 2.05) is 26.0 Å². The highest BCUT2D eigenvalue weighted by Gasteiger charge is 2.24. The van der Waals surface area contributed by atoms with Gasteiger partial charge in [-0.3, -0.25) is 9.59 Å². The van der Waals surface area contributed by atoms with Crippen molar-refractivity contribution < 1.29 is 14.0 Å². The van der Waals surface area contributed by atoms with Gasteiger partial charge in [0.15, 0.2) is 0 Å². The van der Waals surface area contributed by atoms with Crippen LogP contribution >= 0.6 is 0 Å². The van der Waals surface area contributed by atoms with Crippen molar-refractivity contribution in [2.45, 2.75) is 39.2 Å². The summed E-state index contributed by atoms with van der Waals surface area (Å²) in [5.74, 6) is -0.244. The molecule has 22 heavy (non-hydrogen) atoms. The number of rotatable bonds is 3. The van der Waals surface area contributed by atoms with Gasteiger partial charge in [0.25, 0.3) is 0 Å². The highest BCUT2D eigenvalue weighted by Crippen LogP contribution is 2.26. The normalized spacial score (nSPS) is 18.3. The summed E-state index contributed by atoms with van der Waals surface area (Å²) in [6.45, 7) is 4.74. The Hall–Kier alpha value is -2.30. The molecule has 0 aliphatic carbocycles. The van der Waals surface area contributed by atoms with E-state index in [4.69, 9.17) is 4.42 Å². The van der Waals surface area contributed by atoms with Crippen molar-refractivity contribution in [3.8, 4) is 0 Å². The first-order chi connectivity index (χ1) is 10.6. The highest BCUT2D eigenvalue weighted by atomic mass is 16.3. The van der Waals surface area contributed by atoms with E-state index >= 15 is 0 Å². The molecule has 5 nitrogen and oxygen atoms in total. The van der Waals surface area contributed by atoms with Crippen LogP contribution in [0.1, 0.15) is 29.5 Å². The number of aryl methyl sites for hydroxylation is 2. The zero-order valence-electron chi connectivity index (χ0n) is 12.9. The first kappa shape index (κ1) is 14.6. The van der Waals surface area contributed by atoms with Crippen LogP contribution in [-0.2, 0) is 16.0 Å². The molecule has 2 amide bonds. The Morgan fingerprint density at radius 3 is 3.00 bits per heavy atom. The van der Waals surface area contributed by atoms with Crippen molar-refractivity contribution in [2.24, 2.45) is 0 Å². The zero-order chi connectivity index (χ0) is 15.7. The first-order valence-electron chi connectivity index (χ1n) is 7.59. The summed E-state index contributed by atoms with van der Waals surface area (Å²) in [4.78, 5) is 23.9. The number of benzene rings is 1. The lowest BCUT2D eigenvalue weighted by Crippen LogP contribution is -2.50. The number of nitrogens with one attached hydrogen (secondary N) is 2. The van der Waals surface area contributed by atoms with Crippen LogP contribution in [0.3, 0.4) is 0 Å². The van der Waals surface area contributed by atoms with Crippen molar-refractivity contribution in [3.05, 3.63) is 35.1 Å². The third-order valence-corrected chi connectivity index (χ3v) is 4.31. The van der Waals surface area contributed by atoms with Crippen molar-refractivity contribution in [1.82, 2.24) is 10.6 Å². The van der Waals surface area contributed by atoms with Gasteiger partial charge in [-0.1, -0.05) is 12.1 Å². The molecule has 0 saturated carbocycles. The second kappa shape index (κ2) is 5.83. The first-order valence-corrected chi connectivity index (χ1v) is 7.59. The fourth-order valence-electron chi connectivity index (χ4n) is 2.85. The van der Waals surface area contributed by atoms with Gasteiger partial charge in [-0.15, -0.1) is 0 Å². The van der Waals surface area contributed by atoms with E-state index in [1.165, 1.54) is 0 Å². The van der Waals surface area contributed by atoms with Gasteiger partial charge in [0.1, 0.15) is 11.6 Å². The molecule has 1 saturated heterocycles. The number of carbonyl (C=O) groups is 2. The molecule has 1 aliphatic rings. The molecule has 0 unspecified atom stereocenters. The average molecular weight is 300 g/mol. The molecule has 5 heteroatoms. The summed E-state index contributed by atoms with van der Waals surface area (Å²) < 4.78 is 5.61. The maximum absolute atomic E-state index is 12.2. The lowest BCUT2D eigenvalue weighted by Gasteiger charge is -2.22. The molecule has 1 aliphatic heterocycles. The van der Waals surface area contributed by atoms with Crippen LogP contribution in [0, 0.1) is 13.8 Å². The quantitative estimate of drug-likeness (QED) is 0.910. The number of furan rings is 1. The summed E-state index contributed by atoms with van der Waals surface area (Å²) in [5.41, 5.74) is 3.94. The second-order valence-corrected chi connectivity index (χ2v) is 5.88. The summed E-state index contributed by atoms with van der Waals surface area (Å²) in [5, 5.41) is 6.54. The van der Waals surface area contributed by atoms with E-state index in [-0.39, 0.29) is 18.2 Å². The number of hydrogen-bond donors (Lipinski definition) is 2. The molecule has 2 N–H and O–H groups in total. The minimum absolute atomic E-state index is 0.0943. The molecular formula is C17H20N2O3. The van der Waals surface area contributed by atoms with Crippen molar-refractivity contribution in [2.75, 3.05) is 6.54 Å². The van der Waals surface area contributed by atoms with Gasteiger partial charge in [0, 0.05) is 17.5 Å². The Kier molecular flexibility index (Phi) is 3.88. The Balaban J connectivity index is 1.74. The number of hydrogen-bond acceptors (Lipinski definition) is 3. The van der Waals surface area contributed by atoms with Crippen LogP contribution in [-0.4, -0.2) is 24.4 Å². The Morgan fingerprint density at radius 1 is 1.41 bits per heavy atom. The Labute approximate surface area is 129 Å². The van der Waals surface area contributed by atoms with Crippen molar-refractivity contribution in [3.63, 3.8) is 0 Å². The number of fused-ring (bicyclic) bond motifs is 1. The summed E-state index contributed by atoms with van der Waals surface area (Å²) in [6.07, 6.45) is 3.45. The van der Waals surface area contributed by atoms with Gasteiger partial charge in [-0.05, 0) is 37.8 Å². The molecule has 2 aromatic rings. The molecule has 2 heterocycles. The largest absolute Gasteiger partial charge is 0.464 e. The third kappa shape index (κ3) is 2.71. The Morgan fingerprint density at radius 2 is 2.23 bits per heavy atom. The SMILES string of the molecule is Cc1ccc2c(CC(=O)N[C@H]3CCCNC3=O)coc2c1C. The predicted molar refractivity (Wildman–Crippen MR) is 83.6 cm³/mol. The van der Waals surface area contributed by atoms with E-state index in [2.05, 4.69) is 10.6 Å². The molecule has 0 radical (unpaired) electrons. The van der Waals surface area contributed by atoms with Crippen molar-refractivity contribution >= 4 is 22.8 Å². The zero-order valence-corrected chi connectivity index (χ0v) is 12.9. The van der Waals surface area contributed by atoms with E-state index in [1.54, 1.807) is 6.26 Å². The highest BCUT2D eigenvalue weighted by molar-refractivity contribution is 5.92. The number of carbonyl (C=O) groups excluding carboxylic acids is 2. The average Bonchev–Trinajstić information content (AvgIpc) is 2.89. The van der Waals surface area contributed by atoms with Crippen LogP contribution in [0.25, 0.3) is 11.0 Å². The van der Waals surface area contributed by atoms with Gasteiger partial charge in [0.05, 0.1) is 12.7 Å². The Bertz CT molecular complexity index is 733. The predicted octanol–water partition coefficient (Wildman–Crippen LogP) is 1.99. The van der Waals surface area contributed by atoms with Crippen LogP contribution in [0.5, 0.6) is 0 Å². The molecule has 1 aromatic carbocycles. The smallest absolute Gasteiger partial charge is 0.242 e. The molecule has 3 rings (SSSR count). The van der Waals surface area contributed by atoms with Crippen LogP contribution < -0.4 is 10.6 Å². The monoisotopic (exact) mass is 300 g/mol. The fraction of sp³-hybridized carbons (Fsp3) is 0.412. The van der Waals surface area contributed by atoms with E-state index in [0.717, 1.165) is 34.1 Å².